The zero-order valence-electron chi connectivity index (χ0n) is 14.5. The fourth-order valence-corrected chi connectivity index (χ4v) is 3.02. The number of halogens is 2. The van der Waals surface area contributed by atoms with E-state index in [0.29, 0.717) is 21.9 Å². The second-order valence-electron chi connectivity index (χ2n) is 5.98. The number of hydrogen-bond acceptors (Lipinski definition) is 4. The van der Waals surface area contributed by atoms with Gasteiger partial charge in [-0.25, -0.2) is 4.39 Å². The molecule has 0 atom stereocenters. The monoisotopic (exact) mass is 392 g/mol. The summed E-state index contributed by atoms with van der Waals surface area (Å²) in [6.45, 7) is 0. The number of aromatic nitrogens is 1. The zero-order chi connectivity index (χ0) is 19.5. The molecule has 1 aliphatic rings. The van der Waals surface area contributed by atoms with Gasteiger partial charge >= 0.3 is 0 Å². The van der Waals surface area contributed by atoms with Crippen LogP contribution in [-0.4, -0.2) is 17.1 Å². The van der Waals surface area contributed by atoms with Crippen LogP contribution in [0.25, 0.3) is 10.9 Å². The van der Waals surface area contributed by atoms with Gasteiger partial charge in [0, 0.05) is 34.7 Å². The first-order chi connectivity index (χ1) is 13.6. The lowest BCUT2D eigenvalue weighted by molar-refractivity contribution is -0.112. The highest BCUT2D eigenvalue weighted by atomic mass is 35.5. The highest BCUT2D eigenvalue weighted by molar-refractivity contribution is 6.31. The molecule has 4 rings (SSSR count). The smallest absolute Gasteiger partial charge is 0.274 e. The van der Waals surface area contributed by atoms with Crippen LogP contribution in [0, 0.1) is 5.82 Å². The Morgan fingerprint density at radius 1 is 1.11 bits per heavy atom. The van der Waals surface area contributed by atoms with Gasteiger partial charge in [-0.3, -0.25) is 14.8 Å². The summed E-state index contributed by atoms with van der Waals surface area (Å²) in [5.74, 6) is -0.753. The molecule has 1 N–H and O–H groups in total. The van der Waals surface area contributed by atoms with Crippen LogP contribution in [0.15, 0.2) is 83.9 Å². The average Bonchev–Trinajstić information content (AvgIpc) is 2.95. The molecule has 0 saturated heterocycles. The van der Waals surface area contributed by atoms with Gasteiger partial charge in [-0.1, -0.05) is 11.6 Å². The molecule has 1 amide bonds. The van der Waals surface area contributed by atoms with Gasteiger partial charge in [0.2, 0.25) is 0 Å². The summed E-state index contributed by atoms with van der Waals surface area (Å²) in [6, 6.07) is 12.8. The van der Waals surface area contributed by atoms with Gasteiger partial charge in [-0.05, 0) is 54.6 Å². The number of rotatable bonds is 3. The Kier molecular flexibility index (Phi) is 4.87. The van der Waals surface area contributed by atoms with Gasteiger partial charge in [-0.15, -0.1) is 0 Å². The number of pyridine rings is 1. The van der Waals surface area contributed by atoms with Gasteiger partial charge < -0.3 is 10.2 Å². The maximum atomic E-state index is 13.1. The van der Waals surface area contributed by atoms with Crippen LogP contribution in [0.4, 0.5) is 15.8 Å². The Morgan fingerprint density at radius 2 is 1.93 bits per heavy atom. The first-order valence-corrected chi connectivity index (χ1v) is 8.80. The van der Waals surface area contributed by atoms with Crippen LogP contribution in [0.5, 0.6) is 0 Å². The Hall–Kier alpha value is -3.51. The van der Waals surface area contributed by atoms with E-state index < -0.39 is 0 Å². The van der Waals surface area contributed by atoms with E-state index in [9.17, 15) is 9.18 Å². The molecule has 0 spiro atoms. The molecule has 2 aromatic carbocycles. The van der Waals surface area contributed by atoms with Crippen LogP contribution in [0.2, 0.25) is 5.02 Å². The summed E-state index contributed by atoms with van der Waals surface area (Å²) in [5.41, 5.74) is 2.25. The van der Waals surface area contributed by atoms with Gasteiger partial charge in [0.05, 0.1) is 17.4 Å². The summed E-state index contributed by atoms with van der Waals surface area (Å²) in [5, 5.41) is 4.18. The lowest BCUT2D eigenvalue weighted by atomic mass is 10.1. The molecule has 138 valence electrons. The first-order valence-electron chi connectivity index (χ1n) is 8.42. The maximum absolute atomic E-state index is 13.1. The third kappa shape index (κ3) is 3.63. The van der Waals surface area contributed by atoms with E-state index in [0.717, 1.165) is 11.1 Å². The predicted molar refractivity (Wildman–Crippen MR) is 110 cm³/mol. The van der Waals surface area contributed by atoms with Crippen molar-refractivity contribution in [2.45, 2.75) is 0 Å². The molecule has 0 fully saturated rings. The minimum atomic E-state index is -0.380. The van der Waals surface area contributed by atoms with E-state index in [1.54, 1.807) is 41.7 Å². The number of hydrogen-bond donors (Lipinski definition) is 1. The van der Waals surface area contributed by atoms with Crippen LogP contribution in [-0.2, 0) is 4.79 Å². The largest absolute Gasteiger partial charge is 0.321 e. The standard InChI is InChI=1S/C21H14ClFN4O/c22-14-2-7-17-18(12-14)25-10-8-19(17)27-11-1-9-24-13-20(27)21(28)26-16-5-3-15(23)4-6-16/h1-13H,(H,26,28). The van der Waals surface area contributed by atoms with Gasteiger partial charge in [0.15, 0.2) is 0 Å². The molecule has 0 bridgehead atoms. The maximum Gasteiger partial charge on any atom is 0.274 e. The summed E-state index contributed by atoms with van der Waals surface area (Å²) in [4.78, 5) is 23.1. The third-order valence-corrected chi connectivity index (χ3v) is 4.37. The summed E-state index contributed by atoms with van der Waals surface area (Å²) in [6.07, 6.45) is 8.20. The number of fused-ring (bicyclic) bond motifs is 1. The van der Waals surface area contributed by atoms with E-state index >= 15 is 0 Å². The average molecular weight is 393 g/mol. The normalized spacial score (nSPS) is 13.4. The second kappa shape index (κ2) is 7.62. The van der Waals surface area contributed by atoms with Crippen molar-refractivity contribution < 1.29 is 9.18 Å². The summed E-state index contributed by atoms with van der Waals surface area (Å²) < 4.78 is 13.1. The van der Waals surface area contributed by atoms with E-state index in [1.807, 2.05) is 12.1 Å². The number of carbonyl (C=O) groups is 1. The second-order valence-corrected chi connectivity index (χ2v) is 6.41. The fraction of sp³-hybridized carbons (Fsp3) is 0. The quantitative estimate of drug-likeness (QED) is 0.688. The van der Waals surface area contributed by atoms with Crippen molar-refractivity contribution in [1.29, 1.82) is 0 Å². The molecule has 3 aromatic rings. The fourth-order valence-electron chi connectivity index (χ4n) is 2.85. The van der Waals surface area contributed by atoms with Crippen LogP contribution >= 0.6 is 11.6 Å². The van der Waals surface area contributed by atoms with Crippen LogP contribution in [0.3, 0.4) is 0 Å². The zero-order valence-corrected chi connectivity index (χ0v) is 15.3. The van der Waals surface area contributed by atoms with Crippen LogP contribution in [0.1, 0.15) is 0 Å². The summed E-state index contributed by atoms with van der Waals surface area (Å²) >= 11 is 6.07. The number of nitrogens with one attached hydrogen (secondary N) is 1. The topological polar surface area (TPSA) is 57.6 Å². The molecule has 1 aliphatic heterocycles. The van der Waals surface area contributed by atoms with Crippen molar-refractivity contribution in [3.63, 3.8) is 0 Å². The predicted octanol–water partition coefficient (Wildman–Crippen LogP) is 4.91. The number of amides is 1. The lowest BCUT2D eigenvalue weighted by Gasteiger charge is -2.23. The number of anilines is 2. The molecule has 28 heavy (non-hydrogen) atoms. The molecule has 0 aliphatic carbocycles. The number of carbonyl (C=O) groups excluding carboxylic acids is 1. The number of aliphatic imine (C=N–C) groups is 1. The Labute approximate surface area is 165 Å². The minimum absolute atomic E-state index is 0.303. The molecule has 0 saturated carbocycles. The molecule has 0 radical (unpaired) electrons. The highest BCUT2D eigenvalue weighted by Crippen LogP contribution is 2.31. The van der Waals surface area contributed by atoms with Gasteiger partial charge in [-0.2, -0.15) is 0 Å². The van der Waals surface area contributed by atoms with Crippen molar-refractivity contribution in [1.82, 2.24) is 4.98 Å². The molecule has 0 unspecified atom stereocenters. The van der Waals surface area contributed by atoms with E-state index in [2.05, 4.69) is 15.3 Å². The Bertz CT molecular complexity index is 1140. The van der Waals surface area contributed by atoms with Crippen molar-refractivity contribution in [3.8, 4) is 0 Å². The molecule has 2 heterocycles. The first kappa shape index (κ1) is 17.9. The molecular formula is C21H14ClFN4O. The van der Waals surface area contributed by atoms with E-state index in [-0.39, 0.29) is 11.7 Å². The number of benzene rings is 2. The number of allylic oxidation sites excluding steroid dienone is 1. The number of nitrogens with zero attached hydrogens (tertiary/aromatic N) is 3. The third-order valence-electron chi connectivity index (χ3n) is 4.14. The highest BCUT2D eigenvalue weighted by Gasteiger charge is 2.20. The van der Waals surface area contributed by atoms with Crippen molar-refractivity contribution in [2.75, 3.05) is 10.2 Å². The molecule has 5 nitrogen and oxygen atoms in total. The lowest BCUT2D eigenvalue weighted by Crippen LogP contribution is -2.27. The van der Waals surface area contributed by atoms with Crippen LogP contribution < -0.4 is 10.2 Å². The summed E-state index contributed by atoms with van der Waals surface area (Å²) in [7, 11) is 0. The van der Waals surface area contributed by atoms with Crippen molar-refractivity contribution >= 4 is 46.0 Å². The van der Waals surface area contributed by atoms with Gasteiger partial charge in [0.1, 0.15) is 11.5 Å². The Balaban J connectivity index is 1.73. The van der Waals surface area contributed by atoms with Crippen molar-refractivity contribution in [3.05, 3.63) is 89.7 Å². The SMILES string of the molecule is O=C(Nc1ccc(F)cc1)C1=CN=CC=CN1c1ccnc2cc(Cl)ccc12. The van der Waals surface area contributed by atoms with Gasteiger partial charge in [0.25, 0.3) is 5.91 Å². The Morgan fingerprint density at radius 3 is 2.75 bits per heavy atom. The molecule has 1 aromatic heterocycles. The molecular weight excluding hydrogens is 379 g/mol. The molecule has 7 heteroatoms. The minimum Gasteiger partial charge on any atom is -0.321 e. The van der Waals surface area contributed by atoms with E-state index in [4.69, 9.17) is 11.6 Å². The van der Waals surface area contributed by atoms with Crippen molar-refractivity contribution in [2.24, 2.45) is 4.99 Å². The van der Waals surface area contributed by atoms with E-state index in [1.165, 1.54) is 30.5 Å².